The number of fused-ring (bicyclic) bond motifs is 4. The van der Waals surface area contributed by atoms with Crippen LogP contribution in [0.3, 0.4) is 0 Å². The lowest BCUT2D eigenvalue weighted by atomic mass is 9.76. The average Bonchev–Trinajstić information content (AvgIpc) is 3.31. The molecule has 4 N–H and O–H groups in total. The van der Waals surface area contributed by atoms with E-state index in [-0.39, 0.29) is 13.0 Å². The van der Waals surface area contributed by atoms with Crippen molar-refractivity contribution in [3.8, 4) is 0 Å². The lowest BCUT2D eigenvalue weighted by molar-refractivity contribution is -0.143. The third kappa shape index (κ3) is 2.70. The largest absolute Gasteiger partial charge is 0.370 e. The highest BCUT2D eigenvalue weighted by Gasteiger charge is 2.70. The van der Waals surface area contributed by atoms with Crippen LogP contribution in [0.1, 0.15) is 23.1 Å². The minimum atomic E-state index is -1.48. The molecule has 3 heterocycles. The predicted molar refractivity (Wildman–Crippen MR) is 111 cm³/mol. The van der Waals surface area contributed by atoms with Crippen LogP contribution in [0.15, 0.2) is 42.5 Å². The van der Waals surface area contributed by atoms with Gasteiger partial charge in [0.1, 0.15) is 11.4 Å². The normalized spacial score (nSPS) is 28.2. The number of hydrogen-bond donors (Lipinski definition) is 3. The molecule has 2 aromatic rings. The zero-order valence-electron chi connectivity index (χ0n) is 17.2. The minimum Gasteiger partial charge on any atom is -0.370 e. The first-order chi connectivity index (χ1) is 15.2. The summed E-state index contributed by atoms with van der Waals surface area (Å²) in [6.45, 7) is 1.79. The maximum Gasteiger partial charge on any atom is 0.250 e. The number of aryl methyl sites for hydroxylation is 1. The molecule has 3 aliphatic heterocycles. The summed E-state index contributed by atoms with van der Waals surface area (Å²) in [6.07, 6.45) is -0.194. The smallest absolute Gasteiger partial charge is 0.250 e. The van der Waals surface area contributed by atoms with Gasteiger partial charge in [-0.05, 0) is 30.2 Å². The molecule has 0 bridgehead atoms. The number of amides is 4. The maximum atomic E-state index is 13.6. The van der Waals surface area contributed by atoms with Crippen molar-refractivity contribution in [3.05, 3.63) is 65.0 Å². The number of anilines is 1. The molecule has 0 aromatic heterocycles. The number of hydrogen-bond acceptors (Lipinski definition) is 5. The zero-order chi connectivity index (χ0) is 22.8. The van der Waals surface area contributed by atoms with Gasteiger partial charge >= 0.3 is 0 Å². The maximum absolute atomic E-state index is 13.6. The third-order valence-electron chi connectivity index (χ3n) is 6.72. The van der Waals surface area contributed by atoms with Crippen LogP contribution < -0.4 is 16.4 Å². The van der Waals surface area contributed by atoms with Gasteiger partial charge in [0.25, 0.3) is 0 Å². The summed E-state index contributed by atoms with van der Waals surface area (Å²) >= 11 is 0. The van der Waals surface area contributed by atoms with Crippen LogP contribution in [-0.2, 0) is 31.3 Å². The number of carbonyl (C=O) groups is 4. The van der Waals surface area contributed by atoms with Gasteiger partial charge in [-0.15, -0.1) is 0 Å². The molecule has 4 unspecified atom stereocenters. The number of benzene rings is 2. The molecule has 164 valence electrons. The van der Waals surface area contributed by atoms with Gasteiger partial charge in [0.15, 0.2) is 0 Å². The molecular formula is C23H21FN4O4. The van der Waals surface area contributed by atoms with E-state index < -0.39 is 52.9 Å². The molecule has 5 rings (SSSR count). The van der Waals surface area contributed by atoms with Crippen molar-refractivity contribution < 1.29 is 23.6 Å². The molecular weight excluding hydrogens is 415 g/mol. The van der Waals surface area contributed by atoms with Crippen LogP contribution >= 0.6 is 0 Å². The Labute approximate surface area is 182 Å². The second-order valence-electron chi connectivity index (χ2n) is 8.57. The standard InChI is InChI=1S/C23H21FN4O4/c1-11-3-2-4-14-19(11)26-22(32)23(14)18-17(15(27-23)9-16(25)29)20(30)28(21(18)31)10-12-5-7-13(24)8-6-12/h2-8,15,17-18,27H,9-10H2,1H3,(H2,25,29)(H,26,32). The van der Waals surface area contributed by atoms with Crippen molar-refractivity contribution in [1.82, 2.24) is 10.2 Å². The van der Waals surface area contributed by atoms with E-state index in [1.165, 1.54) is 24.3 Å². The number of nitrogens with two attached hydrogens (primary N) is 1. The van der Waals surface area contributed by atoms with Gasteiger partial charge in [0.2, 0.25) is 23.6 Å². The van der Waals surface area contributed by atoms with Crippen LogP contribution in [0.25, 0.3) is 0 Å². The lowest BCUT2D eigenvalue weighted by Gasteiger charge is -2.29. The molecule has 8 nitrogen and oxygen atoms in total. The van der Waals surface area contributed by atoms with Gasteiger partial charge in [-0.2, -0.15) is 0 Å². The number of primary amides is 1. The molecule has 0 saturated carbocycles. The quantitative estimate of drug-likeness (QED) is 0.616. The predicted octanol–water partition coefficient (Wildman–Crippen LogP) is 0.930. The summed E-state index contributed by atoms with van der Waals surface area (Å²) in [5.74, 6) is -4.44. The number of nitrogens with zero attached hydrogens (tertiary/aromatic N) is 1. The Bertz CT molecular complexity index is 1180. The zero-order valence-corrected chi connectivity index (χ0v) is 17.2. The first-order valence-corrected chi connectivity index (χ1v) is 10.3. The molecule has 4 amide bonds. The Balaban J connectivity index is 1.60. The number of carbonyl (C=O) groups excluding carboxylic acids is 4. The van der Waals surface area contributed by atoms with E-state index in [9.17, 15) is 23.6 Å². The van der Waals surface area contributed by atoms with Crippen molar-refractivity contribution in [1.29, 1.82) is 0 Å². The van der Waals surface area contributed by atoms with Crippen molar-refractivity contribution in [3.63, 3.8) is 0 Å². The molecule has 9 heteroatoms. The summed E-state index contributed by atoms with van der Waals surface area (Å²) in [7, 11) is 0. The molecule has 2 saturated heterocycles. The molecule has 32 heavy (non-hydrogen) atoms. The van der Waals surface area contributed by atoms with Gasteiger partial charge in [0, 0.05) is 23.7 Å². The molecule has 0 aliphatic carbocycles. The number of likely N-dealkylation sites (tertiary alicyclic amines) is 1. The number of rotatable bonds is 4. The summed E-state index contributed by atoms with van der Waals surface area (Å²) in [6, 6.07) is 10.1. The highest BCUT2D eigenvalue weighted by Crippen LogP contribution is 2.54. The van der Waals surface area contributed by atoms with Gasteiger partial charge in [-0.3, -0.25) is 29.4 Å². The fourth-order valence-corrected chi connectivity index (χ4v) is 5.36. The third-order valence-corrected chi connectivity index (χ3v) is 6.72. The van der Waals surface area contributed by atoms with E-state index in [2.05, 4.69) is 10.6 Å². The Morgan fingerprint density at radius 3 is 2.53 bits per heavy atom. The van der Waals surface area contributed by atoms with E-state index in [1.807, 2.05) is 13.0 Å². The van der Waals surface area contributed by atoms with E-state index >= 15 is 0 Å². The number of imide groups is 1. The number of halogens is 1. The highest BCUT2D eigenvalue weighted by molar-refractivity contribution is 6.15. The van der Waals surface area contributed by atoms with Gasteiger partial charge in [-0.25, -0.2) is 4.39 Å². The Kier molecular flexibility index (Phi) is 4.42. The van der Waals surface area contributed by atoms with Gasteiger partial charge < -0.3 is 11.1 Å². The van der Waals surface area contributed by atoms with Crippen LogP contribution in [0, 0.1) is 24.6 Å². The Morgan fingerprint density at radius 1 is 1.12 bits per heavy atom. The SMILES string of the molecule is Cc1cccc2c1NC(=O)C21NC(CC(N)=O)C2C(=O)N(Cc3ccc(F)cc3)C(=O)C21. The highest BCUT2D eigenvalue weighted by atomic mass is 19.1. The average molecular weight is 436 g/mol. The van der Waals surface area contributed by atoms with E-state index in [1.54, 1.807) is 12.1 Å². The van der Waals surface area contributed by atoms with Crippen LogP contribution in [0.4, 0.5) is 10.1 Å². The van der Waals surface area contributed by atoms with Crippen molar-refractivity contribution >= 4 is 29.3 Å². The second-order valence-corrected chi connectivity index (χ2v) is 8.57. The molecule has 4 atom stereocenters. The van der Waals surface area contributed by atoms with Crippen molar-refractivity contribution in [2.75, 3.05) is 5.32 Å². The molecule has 2 fully saturated rings. The topological polar surface area (TPSA) is 122 Å². The molecule has 1 spiro atoms. The molecule has 3 aliphatic rings. The summed E-state index contributed by atoms with van der Waals surface area (Å²) in [4.78, 5) is 53.2. The second kappa shape index (κ2) is 6.96. The molecule has 2 aromatic carbocycles. The lowest BCUT2D eigenvalue weighted by Crippen LogP contribution is -2.53. The van der Waals surface area contributed by atoms with Crippen LogP contribution in [-0.4, -0.2) is 34.6 Å². The molecule has 0 radical (unpaired) electrons. The number of nitrogens with one attached hydrogen (secondary N) is 2. The van der Waals surface area contributed by atoms with E-state index in [0.29, 0.717) is 16.8 Å². The minimum absolute atomic E-state index is 0.0490. The fourth-order valence-electron chi connectivity index (χ4n) is 5.36. The van der Waals surface area contributed by atoms with Crippen LogP contribution in [0.5, 0.6) is 0 Å². The monoisotopic (exact) mass is 436 g/mol. The fraction of sp³-hybridized carbons (Fsp3) is 0.304. The van der Waals surface area contributed by atoms with E-state index in [4.69, 9.17) is 5.73 Å². The van der Waals surface area contributed by atoms with Gasteiger partial charge in [0.05, 0.1) is 18.4 Å². The number of para-hydroxylation sites is 1. The van der Waals surface area contributed by atoms with Crippen LogP contribution in [0.2, 0.25) is 0 Å². The first-order valence-electron chi connectivity index (χ1n) is 10.3. The first kappa shape index (κ1) is 20.3. The van der Waals surface area contributed by atoms with E-state index in [0.717, 1.165) is 10.5 Å². The summed E-state index contributed by atoms with van der Waals surface area (Å²) in [5, 5.41) is 6.00. The summed E-state index contributed by atoms with van der Waals surface area (Å²) < 4.78 is 13.3. The van der Waals surface area contributed by atoms with Crippen molar-refractivity contribution in [2.24, 2.45) is 17.6 Å². The Hall–Kier alpha value is -3.59. The van der Waals surface area contributed by atoms with Crippen molar-refractivity contribution in [2.45, 2.75) is 31.5 Å². The summed E-state index contributed by atoms with van der Waals surface area (Å²) in [5.41, 5.74) is 6.52. The Morgan fingerprint density at radius 2 is 1.84 bits per heavy atom. The van der Waals surface area contributed by atoms with Gasteiger partial charge in [-0.1, -0.05) is 30.3 Å².